The number of hydrogen-bond acceptors (Lipinski definition) is 3. The fraction of sp³-hybridized carbons (Fsp3) is 0.500. The molecule has 1 aromatic rings. The summed E-state index contributed by atoms with van der Waals surface area (Å²) < 4.78 is 4.97. The molecule has 0 atom stereocenters. The van der Waals surface area contributed by atoms with Crippen LogP contribution in [0.4, 0.5) is 0 Å². The summed E-state index contributed by atoms with van der Waals surface area (Å²) in [5, 5.41) is 0. The lowest BCUT2D eigenvalue weighted by Gasteiger charge is -2.26. The molecule has 21 heavy (non-hydrogen) atoms. The van der Waals surface area contributed by atoms with Gasteiger partial charge in [-0.2, -0.15) is 0 Å². The lowest BCUT2D eigenvalue weighted by molar-refractivity contribution is -0.140. The summed E-state index contributed by atoms with van der Waals surface area (Å²) in [6.45, 7) is 5.54. The van der Waals surface area contributed by atoms with Crippen LogP contribution in [0.3, 0.4) is 0 Å². The Kier molecular flexibility index (Phi) is 7.46. The van der Waals surface area contributed by atoms with E-state index in [2.05, 4.69) is 0 Å². The van der Waals surface area contributed by atoms with Gasteiger partial charge in [-0.15, -0.1) is 0 Å². The number of benzene rings is 1. The molecule has 0 bridgehead atoms. The zero-order chi connectivity index (χ0) is 15.7. The minimum absolute atomic E-state index is 0.0485. The van der Waals surface area contributed by atoms with Crippen molar-refractivity contribution in [2.45, 2.75) is 20.4 Å². The zero-order valence-electron chi connectivity index (χ0n) is 13.0. The van der Waals surface area contributed by atoms with Gasteiger partial charge in [-0.25, -0.2) is 0 Å². The first-order chi connectivity index (χ1) is 10.1. The van der Waals surface area contributed by atoms with Gasteiger partial charge in [0.25, 0.3) is 0 Å². The first-order valence-corrected chi connectivity index (χ1v) is 7.14. The third-order valence-electron chi connectivity index (χ3n) is 3.29. The highest BCUT2D eigenvalue weighted by Crippen LogP contribution is 2.05. The monoisotopic (exact) mass is 292 g/mol. The largest absolute Gasteiger partial charge is 0.383 e. The van der Waals surface area contributed by atoms with Crippen LogP contribution >= 0.6 is 0 Å². The Bertz CT molecular complexity index is 448. The van der Waals surface area contributed by atoms with Crippen LogP contribution in [-0.2, 0) is 20.9 Å². The number of methoxy groups -OCH3 is 1. The van der Waals surface area contributed by atoms with Crippen molar-refractivity contribution in [1.82, 2.24) is 9.80 Å². The Morgan fingerprint density at radius 1 is 1.14 bits per heavy atom. The number of ether oxygens (including phenoxy) is 1. The van der Waals surface area contributed by atoms with E-state index in [4.69, 9.17) is 4.74 Å². The van der Waals surface area contributed by atoms with Crippen molar-refractivity contribution in [1.29, 1.82) is 0 Å². The van der Waals surface area contributed by atoms with Gasteiger partial charge < -0.3 is 14.5 Å². The molecule has 0 aliphatic rings. The Hall–Kier alpha value is -1.88. The molecule has 1 rings (SSSR count). The van der Waals surface area contributed by atoms with Crippen LogP contribution in [0.1, 0.15) is 19.4 Å². The Balaban J connectivity index is 2.62. The Labute approximate surface area is 126 Å². The standard InChI is InChI=1S/C16H24N2O3/c1-4-17(12-15-8-6-5-7-9-15)16(20)13-18(14(2)19)10-11-21-3/h5-9H,4,10-13H2,1-3H3. The first kappa shape index (κ1) is 17.2. The second kappa shape index (κ2) is 9.13. The second-order valence-corrected chi connectivity index (χ2v) is 4.83. The predicted octanol–water partition coefficient (Wildman–Crippen LogP) is 1.53. The molecule has 0 radical (unpaired) electrons. The Morgan fingerprint density at radius 2 is 1.81 bits per heavy atom. The quantitative estimate of drug-likeness (QED) is 0.730. The SMILES string of the molecule is CCN(Cc1ccccc1)C(=O)CN(CCOC)C(C)=O. The normalized spacial score (nSPS) is 10.2. The van der Waals surface area contributed by atoms with Gasteiger partial charge in [0.05, 0.1) is 13.2 Å². The lowest BCUT2D eigenvalue weighted by Crippen LogP contribution is -2.43. The molecule has 5 heteroatoms. The summed E-state index contributed by atoms with van der Waals surface area (Å²) >= 11 is 0. The molecule has 5 nitrogen and oxygen atoms in total. The van der Waals surface area contributed by atoms with Crippen LogP contribution < -0.4 is 0 Å². The Morgan fingerprint density at radius 3 is 2.33 bits per heavy atom. The molecule has 0 N–H and O–H groups in total. The van der Waals surface area contributed by atoms with Crippen LogP contribution in [0.15, 0.2) is 30.3 Å². The topological polar surface area (TPSA) is 49.9 Å². The van der Waals surface area contributed by atoms with Gasteiger partial charge in [-0.1, -0.05) is 30.3 Å². The molecule has 0 spiro atoms. The van der Waals surface area contributed by atoms with Gasteiger partial charge in [0.15, 0.2) is 0 Å². The maximum Gasteiger partial charge on any atom is 0.242 e. The number of nitrogens with zero attached hydrogens (tertiary/aromatic N) is 2. The van der Waals surface area contributed by atoms with E-state index < -0.39 is 0 Å². The summed E-state index contributed by atoms with van der Waals surface area (Å²) in [7, 11) is 1.58. The molecular formula is C16H24N2O3. The molecule has 0 aliphatic heterocycles. The third kappa shape index (κ3) is 5.95. The average molecular weight is 292 g/mol. The van der Waals surface area contributed by atoms with Crippen LogP contribution in [0.25, 0.3) is 0 Å². The zero-order valence-corrected chi connectivity index (χ0v) is 13.0. The van der Waals surface area contributed by atoms with Gasteiger partial charge in [-0.05, 0) is 12.5 Å². The average Bonchev–Trinajstić information content (AvgIpc) is 2.49. The van der Waals surface area contributed by atoms with Crippen molar-refractivity contribution in [2.75, 3.05) is 33.4 Å². The van der Waals surface area contributed by atoms with Crippen molar-refractivity contribution in [3.8, 4) is 0 Å². The highest BCUT2D eigenvalue weighted by atomic mass is 16.5. The van der Waals surface area contributed by atoms with Crippen molar-refractivity contribution in [3.63, 3.8) is 0 Å². The van der Waals surface area contributed by atoms with Crippen molar-refractivity contribution >= 4 is 11.8 Å². The number of amides is 2. The molecule has 0 saturated heterocycles. The van der Waals surface area contributed by atoms with Gasteiger partial charge in [0.1, 0.15) is 0 Å². The molecule has 0 fully saturated rings. The smallest absolute Gasteiger partial charge is 0.242 e. The fourth-order valence-corrected chi connectivity index (χ4v) is 1.99. The number of rotatable bonds is 8. The maximum atomic E-state index is 12.3. The van der Waals surface area contributed by atoms with Gasteiger partial charge in [0.2, 0.25) is 11.8 Å². The summed E-state index contributed by atoms with van der Waals surface area (Å²) in [6, 6.07) is 9.83. The summed E-state index contributed by atoms with van der Waals surface area (Å²) in [5.74, 6) is -0.163. The number of carbonyl (C=O) groups excluding carboxylic acids is 2. The van der Waals surface area contributed by atoms with Crippen LogP contribution in [0.2, 0.25) is 0 Å². The summed E-state index contributed by atoms with van der Waals surface area (Å²) in [4.78, 5) is 27.2. The van der Waals surface area contributed by atoms with E-state index in [9.17, 15) is 9.59 Å². The molecule has 0 saturated carbocycles. The van der Waals surface area contributed by atoms with Gasteiger partial charge >= 0.3 is 0 Å². The van der Waals surface area contributed by atoms with E-state index in [1.165, 1.54) is 11.8 Å². The molecular weight excluding hydrogens is 268 g/mol. The highest BCUT2D eigenvalue weighted by molar-refractivity contribution is 5.83. The first-order valence-electron chi connectivity index (χ1n) is 7.14. The molecule has 2 amide bonds. The minimum atomic E-state index is -0.115. The molecule has 0 unspecified atom stereocenters. The van der Waals surface area contributed by atoms with Gasteiger partial charge in [-0.3, -0.25) is 9.59 Å². The maximum absolute atomic E-state index is 12.3. The highest BCUT2D eigenvalue weighted by Gasteiger charge is 2.18. The number of likely N-dealkylation sites (N-methyl/N-ethyl adjacent to an activating group) is 1. The van der Waals surface area contributed by atoms with Crippen molar-refractivity contribution in [2.24, 2.45) is 0 Å². The number of hydrogen-bond donors (Lipinski definition) is 0. The fourth-order valence-electron chi connectivity index (χ4n) is 1.99. The van der Waals surface area contributed by atoms with Crippen LogP contribution in [0, 0.1) is 0 Å². The van der Waals surface area contributed by atoms with E-state index in [1.54, 1.807) is 12.0 Å². The third-order valence-corrected chi connectivity index (χ3v) is 3.29. The van der Waals surface area contributed by atoms with Crippen LogP contribution in [0.5, 0.6) is 0 Å². The molecule has 1 aromatic carbocycles. The van der Waals surface area contributed by atoms with Gasteiger partial charge in [0, 0.05) is 33.7 Å². The molecule has 116 valence electrons. The second-order valence-electron chi connectivity index (χ2n) is 4.83. The summed E-state index contributed by atoms with van der Waals surface area (Å²) in [6.07, 6.45) is 0. The van der Waals surface area contributed by atoms with E-state index >= 15 is 0 Å². The van der Waals surface area contributed by atoms with E-state index in [0.29, 0.717) is 26.2 Å². The van der Waals surface area contributed by atoms with E-state index in [-0.39, 0.29) is 18.4 Å². The minimum Gasteiger partial charge on any atom is -0.383 e. The summed E-state index contributed by atoms with van der Waals surface area (Å²) in [5.41, 5.74) is 1.08. The molecule has 0 aromatic heterocycles. The molecule has 0 aliphatic carbocycles. The van der Waals surface area contributed by atoms with Crippen molar-refractivity contribution < 1.29 is 14.3 Å². The van der Waals surface area contributed by atoms with Crippen molar-refractivity contribution in [3.05, 3.63) is 35.9 Å². The van der Waals surface area contributed by atoms with Crippen LogP contribution in [-0.4, -0.2) is 55.0 Å². The lowest BCUT2D eigenvalue weighted by atomic mass is 10.2. The van der Waals surface area contributed by atoms with E-state index in [0.717, 1.165) is 5.56 Å². The molecule has 0 heterocycles. The number of carbonyl (C=O) groups is 2. The van der Waals surface area contributed by atoms with E-state index in [1.807, 2.05) is 37.3 Å². The predicted molar refractivity (Wildman–Crippen MR) is 81.7 cm³/mol.